The van der Waals surface area contributed by atoms with Gasteiger partial charge in [-0.15, -0.1) is 12.4 Å². The predicted octanol–water partition coefficient (Wildman–Crippen LogP) is 3.26. The minimum absolute atomic E-state index is 0. The van der Waals surface area contributed by atoms with Crippen molar-refractivity contribution in [3.8, 4) is 0 Å². The molecule has 1 aliphatic rings. The molecule has 3 N–H and O–H groups in total. The van der Waals surface area contributed by atoms with Crippen LogP contribution in [0.25, 0.3) is 11.0 Å². The smallest absolute Gasteiger partial charge is 0.224 e. The van der Waals surface area contributed by atoms with Crippen LogP contribution in [0.4, 0.5) is 0 Å². The van der Waals surface area contributed by atoms with Crippen LogP contribution >= 0.6 is 12.4 Å². The summed E-state index contributed by atoms with van der Waals surface area (Å²) in [4.78, 5) is 12.3. The third-order valence-corrected chi connectivity index (χ3v) is 4.93. The number of carbonyl (C=O) groups excluding carboxylic acids is 1. The molecule has 5 heteroatoms. The lowest BCUT2D eigenvalue weighted by Gasteiger charge is -2.19. The van der Waals surface area contributed by atoms with Crippen molar-refractivity contribution >= 4 is 29.3 Å². The lowest BCUT2D eigenvalue weighted by molar-refractivity contribution is -0.121. The second-order valence-electron chi connectivity index (χ2n) is 6.47. The number of aryl methyl sites for hydroxylation is 2. The summed E-state index contributed by atoms with van der Waals surface area (Å²) in [6.07, 6.45) is 5.38. The van der Waals surface area contributed by atoms with E-state index >= 15 is 0 Å². The van der Waals surface area contributed by atoms with Gasteiger partial charge in [0.2, 0.25) is 5.91 Å². The minimum Gasteiger partial charge on any atom is -0.464 e. The average molecular weight is 337 g/mol. The van der Waals surface area contributed by atoms with Gasteiger partial charge in [0.25, 0.3) is 0 Å². The highest BCUT2D eigenvalue weighted by Gasteiger charge is 2.27. The van der Waals surface area contributed by atoms with Crippen molar-refractivity contribution in [2.24, 2.45) is 11.7 Å². The Balaban J connectivity index is 0.00000192. The summed E-state index contributed by atoms with van der Waals surface area (Å²) in [5.74, 6) is 0.487. The van der Waals surface area contributed by atoms with Crippen LogP contribution < -0.4 is 11.1 Å². The molecular formula is C18H25ClN2O2. The molecule has 2 atom stereocenters. The fourth-order valence-electron chi connectivity index (χ4n) is 3.41. The summed E-state index contributed by atoms with van der Waals surface area (Å²) >= 11 is 0. The lowest BCUT2D eigenvalue weighted by Crippen LogP contribution is -2.40. The predicted molar refractivity (Wildman–Crippen MR) is 95.0 cm³/mol. The molecule has 0 radical (unpaired) electrons. The van der Waals surface area contributed by atoms with Gasteiger partial charge in [-0.05, 0) is 62.4 Å². The molecule has 1 heterocycles. The van der Waals surface area contributed by atoms with E-state index in [0.717, 1.165) is 35.8 Å². The molecule has 126 valence electrons. The normalized spacial score (nSPS) is 20.5. The Labute approximate surface area is 143 Å². The number of benzene rings is 1. The van der Waals surface area contributed by atoms with Crippen molar-refractivity contribution in [2.45, 2.75) is 45.6 Å². The Morgan fingerprint density at radius 1 is 1.30 bits per heavy atom. The quantitative estimate of drug-likeness (QED) is 0.900. The third kappa shape index (κ3) is 3.70. The van der Waals surface area contributed by atoms with Gasteiger partial charge in [-0.3, -0.25) is 4.79 Å². The SMILES string of the molecule is Cc1cc2occ(CC(=O)NC3CCCC3CN)c2cc1C.Cl. The number of nitrogens with one attached hydrogen (secondary N) is 1. The molecule has 0 aliphatic heterocycles. The molecule has 1 saturated carbocycles. The summed E-state index contributed by atoms with van der Waals surface area (Å²) in [6.45, 7) is 4.80. The highest BCUT2D eigenvalue weighted by molar-refractivity contribution is 5.88. The number of fused-ring (bicyclic) bond motifs is 1. The Hall–Kier alpha value is -1.52. The van der Waals surface area contributed by atoms with E-state index < -0.39 is 0 Å². The highest BCUT2D eigenvalue weighted by atomic mass is 35.5. The van der Waals surface area contributed by atoms with Gasteiger partial charge in [-0.2, -0.15) is 0 Å². The number of amides is 1. The zero-order chi connectivity index (χ0) is 15.7. The molecule has 2 aromatic rings. The van der Waals surface area contributed by atoms with E-state index in [2.05, 4.69) is 25.2 Å². The van der Waals surface area contributed by atoms with Gasteiger partial charge in [0, 0.05) is 17.0 Å². The van der Waals surface area contributed by atoms with Crippen LogP contribution in [0.1, 0.15) is 36.0 Å². The summed E-state index contributed by atoms with van der Waals surface area (Å²) in [5.41, 5.74) is 10.0. The molecule has 1 aromatic heterocycles. The fourth-order valence-corrected chi connectivity index (χ4v) is 3.41. The van der Waals surface area contributed by atoms with E-state index in [9.17, 15) is 4.79 Å². The number of halogens is 1. The largest absolute Gasteiger partial charge is 0.464 e. The van der Waals surface area contributed by atoms with E-state index in [4.69, 9.17) is 10.2 Å². The number of nitrogens with two attached hydrogens (primary N) is 1. The monoisotopic (exact) mass is 336 g/mol. The second kappa shape index (κ2) is 7.37. The summed E-state index contributed by atoms with van der Waals surface area (Å²) in [5, 5.41) is 4.19. The number of hydrogen-bond donors (Lipinski definition) is 2. The summed E-state index contributed by atoms with van der Waals surface area (Å²) in [6, 6.07) is 4.38. The first-order valence-corrected chi connectivity index (χ1v) is 8.05. The highest BCUT2D eigenvalue weighted by Crippen LogP contribution is 2.27. The Kier molecular flexibility index (Phi) is 5.71. The van der Waals surface area contributed by atoms with Crippen LogP contribution in [0.2, 0.25) is 0 Å². The number of furan rings is 1. The molecule has 23 heavy (non-hydrogen) atoms. The first-order chi connectivity index (χ1) is 10.6. The number of rotatable bonds is 4. The summed E-state index contributed by atoms with van der Waals surface area (Å²) < 4.78 is 5.60. The van der Waals surface area contributed by atoms with Gasteiger partial charge in [0.1, 0.15) is 5.58 Å². The van der Waals surface area contributed by atoms with Crippen LogP contribution in [-0.4, -0.2) is 18.5 Å². The van der Waals surface area contributed by atoms with Crippen LogP contribution in [0.3, 0.4) is 0 Å². The van der Waals surface area contributed by atoms with Crippen molar-refractivity contribution in [3.63, 3.8) is 0 Å². The van der Waals surface area contributed by atoms with Crippen molar-refractivity contribution in [1.82, 2.24) is 5.32 Å². The Morgan fingerprint density at radius 3 is 2.78 bits per heavy atom. The van der Waals surface area contributed by atoms with E-state index in [1.807, 2.05) is 6.07 Å². The minimum atomic E-state index is 0. The summed E-state index contributed by atoms with van der Waals surface area (Å²) in [7, 11) is 0. The van der Waals surface area contributed by atoms with Gasteiger partial charge in [-0.1, -0.05) is 6.42 Å². The third-order valence-electron chi connectivity index (χ3n) is 4.93. The zero-order valence-corrected chi connectivity index (χ0v) is 14.5. The maximum atomic E-state index is 12.3. The average Bonchev–Trinajstić information content (AvgIpc) is 3.07. The molecule has 0 bridgehead atoms. The fraction of sp³-hybridized carbons (Fsp3) is 0.500. The molecule has 1 fully saturated rings. The van der Waals surface area contributed by atoms with Crippen LogP contribution in [0, 0.1) is 19.8 Å². The van der Waals surface area contributed by atoms with E-state index in [1.165, 1.54) is 11.1 Å². The first-order valence-electron chi connectivity index (χ1n) is 8.05. The molecule has 3 rings (SSSR count). The lowest BCUT2D eigenvalue weighted by atomic mass is 10.0. The molecular weight excluding hydrogens is 312 g/mol. The van der Waals surface area contributed by atoms with E-state index in [-0.39, 0.29) is 24.4 Å². The van der Waals surface area contributed by atoms with Gasteiger partial charge < -0.3 is 15.5 Å². The molecule has 0 spiro atoms. The standard InChI is InChI=1S/C18H24N2O2.ClH/c1-11-6-15-14(10-22-17(15)7-12(11)2)8-18(21)20-16-5-3-4-13(16)9-19;/h6-7,10,13,16H,3-5,8-9,19H2,1-2H3,(H,20,21);1H. The van der Waals surface area contributed by atoms with Crippen LogP contribution in [0.5, 0.6) is 0 Å². The second-order valence-corrected chi connectivity index (χ2v) is 6.47. The van der Waals surface area contributed by atoms with Crippen molar-refractivity contribution in [3.05, 3.63) is 35.1 Å². The Bertz CT molecular complexity index is 696. The first kappa shape index (κ1) is 17.8. The van der Waals surface area contributed by atoms with Crippen LogP contribution in [0.15, 0.2) is 22.8 Å². The van der Waals surface area contributed by atoms with Gasteiger partial charge >= 0.3 is 0 Å². The van der Waals surface area contributed by atoms with Crippen molar-refractivity contribution in [2.75, 3.05) is 6.54 Å². The molecule has 4 nitrogen and oxygen atoms in total. The topological polar surface area (TPSA) is 68.3 Å². The van der Waals surface area contributed by atoms with E-state index in [1.54, 1.807) is 6.26 Å². The van der Waals surface area contributed by atoms with E-state index in [0.29, 0.717) is 18.9 Å². The molecule has 0 saturated heterocycles. The van der Waals surface area contributed by atoms with Gasteiger partial charge in [0.15, 0.2) is 0 Å². The maximum Gasteiger partial charge on any atom is 0.224 e. The van der Waals surface area contributed by atoms with Crippen molar-refractivity contribution in [1.29, 1.82) is 0 Å². The van der Waals surface area contributed by atoms with Crippen LogP contribution in [-0.2, 0) is 11.2 Å². The molecule has 1 aliphatic carbocycles. The maximum absolute atomic E-state index is 12.3. The number of carbonyl (C=O) groups is 1. The zero-order valence-electron chi connectivity index (χ0n) is 13.7. The number of hydrogen-bond acceptors (Lipinski definition) is 3. The molecule has 1 amide bonds. The molecule has 2 unspecified atom stereocenters. The molecule has 1 aromatic carbocycles. The van der Waals surface area contributed by atoms with Gasteiger partial charge in [0.05, 0.1) is 12.7 Å². The van der Waals surface area contributed by atoms with Crippen molar-refractivity contribution < 1.29 is 9.21 Å². The Morgan fingerprint density at radius 2 is 2.04 bits per heavy atom. The van der Waals surface area contributed by atoms with Gasteiger partial charge in [-0.25, -0.2) is 0 Å².